The third-order valence-electron chi connectivity index (χ3n) is 4.01. The lowest BCUT2D eigenvalue weighted by molar-refractivity contribution is 0.0946. The van der Waals surface area contributed by atoms with E-state index < -0.39 is 0 Å². The van der Waals surface area contributed by atoms with Crippen LogP contribution in [0, 0.1) is 5.82 Å². The standard InChI is InChI=1S/C18H21FN4O2/c19-15-4-6-16(7-5-15)25-11-8-20-17(24)14-12-21-18(22-13-14)23-9-2-1-3-10-23/h4-7,12-13H,1-3,8-11H2,(H,20,24). The van der Waals surface area contributed by atoms with Gasteiger partial charge in [-0.05, 0) is 43.5 Å². The molecule has 0 bridgehead atoms. The predicted molar refractivity (Wildman–Crippen MR) is 92.3 cm³/mol. The summed E-state index contributed by atoms with van der Waals surface area (Å²) in [6, 6.07) is 5.75. The molecule has 1 amide bonds. The highest BCUT2D eigenvalue weighted by molar-refractivity contribution is 5.93. The number of anilines is 1. The smallest absolute Gasteiger partial charge is 0.254 e. The first-order valence-electron chi connectivity index (χ1n) is 8.46. The molecule has 1 N–H and O–H groups in total. The number of carbonyl (C=O) groups is 1. The number of nitrogens with zero attached hydrogens (tertiary/aromatic N) is 3. The molecule has 2 heterocycles. The number of benzene rings is 1. The van der Waals surface area contributed by atoms with Gasteiger partial charge in [0, 0.05) is 25.5 Å². The number of amides is 1. The minimum atomic E-state index is -0.311. The zero-order chi connectivity index (χ0) is 17.5. The molecule has 1 aliphatic rings. The van der Waals surface area contributed by atoms with Crippen molar-refractivity contribution in [2.75, 3.05) is 31.1 Å². The van der Waals surface area contributed by atoms with Gasteiger partial charge in [0.15, 0.2) is 0 Å². The highest BCUT2D eigenvalue weighted by Crippen LogP contribution is 2.15. The van der Waals surface area contributed by atoms with E-state index in [2.05, 4.69) is 20.2 Å². The normalized spacial score (nSPS) is 14.2. The molecule has 0 atom stereocenters. The second kappa shape index (κ2) is 8.41. The van der Waals surface area contributed by atoms with Crippen LogP contribution >= 0.6 is 0 Å². The first-order valence-corrected chi connectivity index (χ1v) is 8.46. The van der Waals surface area contributed by atoms with Gasteiger partial charge in [0.25, 0.3) is 5.91 Å². The number of hydrogen-bond donors (Lipinski definition) is 1. The first-order chi connectivity index (χ1) is 12.2. The zero-order valence-corrected chi connectivity index (χ0v) is 13.9. The van der Waals surface area contributed by atoms with Crippen molar-refractivity contribution in [3.8, 4) is 5.75 Å². The number of rotatable bonds is 6. The first kappa shape index (κ1) is 17.1. The van der Waals surface area contributed by atoms with Crippen molar-refractivity contribution in [2.45, 2.75) is 19.3 Å². The van der Waals surface area contributed by atoms with Gasteiger partial charge in [0.05, 0.1) is 12.1 Å². The van der Waals surface area contributed by atoms with Gasteiger partial charge in [0.1, 0.15) is 18.2 Å². The summed E-state index contributed by atoms with van der Waals surface area (Å²) in [6.45, 7) is 2.56. The summed E-state index contributed by atoms with van der Waals surface area (Å²) >= 11 is 0. The van der Waals surface area contributed by atoms with E-state index in [0.29, 0.717) is 30.4 Å². The maximum atomic E-state index is 12.8. The molecule has 7 heteroatoms. The third-order valence-corrected chi connectivity index (χ3v) is 4.01. The van der Waals surface area contributed by atoms with Crippen molar-refractivity contribution >= 4 is 11.9 Å². The summed E-state index contributed by atoms with van der Waals surface area (Å²) in [7, 11) is 0. The Morgan fingerprint density at radius 3 is 2.48 bits per heavy atom. The molecule has 1 saturated heterocycles. The SMILES string of the molecule is O=C(NCCOc1ccc(F)cc1)c1cnc(N2CCCCC2)nc1. The van der Waals surface area contributed by atoms with Crippen molar-refractivity contribution < 1.29 is 13.9 Å². The lowest BCUT2D eigenvalue weighted by Gasteiger charge is -2.26. The van der Waals surface area contributed by atoms with Crippen molar-refractivity contribution in [1.82, 2.24) is 15.3 Å². The Morgan fingerprint density at radius 1 is 1.12 bits per heavy atom. The molecule has 132 valence electrons. The highest BCUT2D eigenvalue weighted by atomic mass is 19.1. The summed E-state index contributed by atoms with van der Waals surface area (Å²) in [5.41, 5.74) is 0.419. The van der Waals surface area contributed by atoms with E-state index in [4.69, 9.17) is 4.74 Å². The number of nitrogens with one attached hydrogen (secondary N) is 1. The van der Waals surface area contributed by atoms with Crippen molar-refractivity contribution in [2.24, 2.45) is 0 Å². The van der Waals surface area contributed by atoms with Crippen LogP contribution in [0.4, 0.5) is 10.3 Å². The van der Waals surface area contributed by atoms with Crippen LogP contribution in [-0.4, -0.2) is 42.1 Å². The topological polar surface area (TPSA) is 67.3 Å². The number of carbonyl (C=O) groups excluding carboxylic acids is 1. The van der Waals surface area contributed by atoms with Crippen molar-refractivity contribution in [3.63, 3.8) is 0 Å². The van der Waals surface area contributed by atoms with Crippen LogP contribution in [0.25, 0.3) is 0 Å². The molecule has 1 fully saturated rings. The predicted octanol–water partition coefficient (Wildman–Crippen LogP) is 2.41. The van der Waals surface area contributed by atoms with E-state index in [0.717, 1.165) is 25.9 Å². The Labute approximate surface area is 146 Å². The second-order valence-corrected chi connectivity index (χ2v) is 5.88. The monoisotopic (exact) mass is 344 g/mol. The van der Waals surface area contributed by atoms with Crippen LogP contribution in [0.5, 0.6) is 5.75 Å². The number of ether oxygens (including phenoxy) is 1. The maximum absolute atomic E-state index is 12.8. The number of halogens is 1. The molecule has 3 rings (SSSR count). The average molecular weight is 344 g/mol. The van der Waals surface area contributed by atoms with Gasteiger partial charge in [-0.1, -0.05) is 0 Å². The summed E-state index contributed by atoms with van der Waals surface area (Å²) < 4.78 is 18.2. The number of hydrogen-bond acceptors (Lipinski definition) is 5. The van der Waals surface area contributed by atoms with Crippen molar-refractivity contribution in [1.29, 1.82) is 0 Å². The molecule has 6 nitrogen and oxygen atoms in total. The van der Waals surface area contributed by atoms with E-state index in [1.807, 2.05) is 0 Å². The lowest BCUT2D eigenvalue weighted by Crippen LogP contribution is -2.31. The average Bonchev–Trinajstić information content (AvgIpc) is 2.67. The molecule has 0 spiro atoms. The van der Waals surface area contributed by atoms with Crippen LogP contribution in [0.1, 0.15) is 29.6 Å². The van der Waals surface area contributed by atoms with Gasteiger partial charge in [-0.15, -0.1) is 0 Å². The molecule has 1 aromatic carbocycles. The van der Waals surface area contributed by atoms with Gasteiger partial charge in [-0.2, -0.15) is 0 Å². The number of piperidine rings is 1. The van der Waals surface area contributed by atoms with E-state index >= 15 is 0 Å². The molecular weight excluding hydrogens is 323 g/mol. The minimum absolute atomic E-state index is 0.243. The second-order valence-electron chi connectivity index (χ2n) is 5.88. The van der Waals surface area contributed by atoms with Gasteiger partial charge in [0.2, 0.25) is 5.95 Å². The lowest BCUT2D eigenvalue weighted by atomic mass is 10.1. The van der Waals surface area contributed by atoms with Crippen LogP contribution in [0.15, 0.2) is 36.7 Å². The maximum Gasteiger partial charge on any atom is 0.254 e. The van der Waals surface area contributed by atoms with Crippen LogP contribution in [0.2, 0.25) is 0 Å². The van der Waals surface area contributed by atoms with E-state index in [1.54, 1.807) is 24.5 Å². The summed E-state index contributed by atoms with van der Waals surface area (Å²) in [4.78, 5) is 22.8. The van der Waals surface area contributed by atoms with E-state index in [1.165, 1.54) is 18.6 Å². The fourth-order valence-corrected chi connectivity index (χ4v) is 2.66. The molecule has 25 heavy (non-hydrogen) atoms. The zero-order valence-electron chi connectivity index (χ0n) is 13.9. The Balaban J connectivity index is 1.43. The van der Waals surface area contributed by atoms with Gasteiger partial charge < -0.3 is 15.0 Å². The highest BCUT2D eigenvalue weighted by Gasteiger charge is 2.14. The summed E-state index contributed by atoms with van der Waals surface area (Å²) in [5.74, 6) is 0.683. The fourth-order valence-electron chi connectivity index (χ4n) is 2.66. The molecule has 0 saturated carbocycles. The Morgan fingerprint density at radius 2 is 1.80 bits per heavy atom. The van der Waals surface area contributed by atoms with E-state index in [-0.39, 0.29) is 11.7 Å². The Bertz CT molecular complexity index is 685. The molecule has 0 radical (unpaired) electrons. The Hall–Kier alpha value is -2.70. The van der Waals surface area contributed by atoms with Crippen LogP contribution in [-0.2, 0) is 0 Å². The van der Waals surface area contributed by atoms with Crippen LogP contribution in [0.3, 0.4) is 0 Å². The van der Waals surface area contributed by atoms with Crippen LogP contribution < -0.4 is 15.0 Å². The summed E-state index contributed by atoms with van der Waals surface area (Å²) in [6.07, 6.45) is 6.65. The molecule has 1 aromatic heterocycles. The van der Waals surface area contributed by atoms with E-state index in [9.17, 15) is 9.18 Å². The molecular formula is C18H21FN4O2. The number of aromatic nitrogens is 2. The summed E-state index contributed by atoms with van der Waals surface area (Å²) in [5, 5.41) is 2.75. The Kier molecular flexibility index (Phi) is 5.77. The van der Waals surface area contributed by atoms with Crippen molar-refractivity contribution in [3.05, 3.63) is 48.0 Å². The van der Waals surface area contributed by atoms with Gasteiger partial charge >= 0.3 is 0 Å². The largest absolute Gasteiger partial charge is 0.492 e. The minimum Gasteiger partial charge on any atom is -0.492 e. The molecule has 2 aromatic rings. The fraction of sp³-hybridized carbons (Fsp3) is 0.389. The quantitative estimate of drug-likeness (QED) is 0.815. The molecule has 0 unspecified atom stereocenters. The van der Waals surface area contributed by atoms with Gasteiger partial charge in [-0.25, -0.2) is 14.4 Å². The third kappa shape index (κ3) is 4.89. The molecule has 1 aliphatic heterocycles. The molecule has 0 aliphatic carbocycles. The van der Waals surface area contributed by atoms with Gasteiger partial charge in [-0.3, -0.25) is 4.79 Å².